The third-order valence-corrected chi connectivity index (χ3v) is 5.87. The van der Waals surface area contributed by atoms with Crippen LogP contribution in [0.2, 0.25) is 0 Å². The van der Waals surface area contributed by atoms with Crippen LogP contribution >= 0.6 is 11.3 Å². The molecule has 10 heteroatoms. The number of aromatic nitrogens is 1. The summed E-state index contributed by atoms with van der Waals surface area (Å²) in [6.07, 6.45) is 0.141. The normalized spacial score (nSPS) is 15.5. The zero-order valence-corrected chi connectivity index (χ0v) is 19.1. The van der Waals surface area contributed by atoms with Gasteiger partial charge in [-0.05, 0) is 43.3 Å². The molecule has 1 saturated heterocycles. The van der Waals surface area contributed by atoms with E-state index in [2.05, 4.69) is 15.6 Å². The molecule has 172 valence electrons. The standard InChI is InChI=1S/C23H24N4O5S/c1-3-31-17-6-4-16(5-7-17)27-12-15(10-21(27)29)22(30)26-23-25-19(13-33-23)20-9-8-18(32-20)11-24-14(2)28/h4-9,13,15H,3,10-12H2,1-2H3,(H,24,28)(H,25,26,30). The number of thiazole rings is 1. The lowest BCUT2D eigenvalue weighted by Gasteiger charge is -2.17. The Morgan fingerprint density at radius 3 is 2.76 bits per heavy atom. The molecule has 4 rings (SSSR count). The smallest absolute Gasteiger partial charge is 0.231 e. The van der Waals surface area contributed by atoms with Crippen LogP contribution in [0.25, 0.3) is 11.5 Å². The zero-order chi connectivity index (χ0) is 23.4. The van der Waals surface area contributed by atoms with Crippen LogP contribution < -0.4 is 20.3 Å². The molecule has 1 atom stereocenters. The Morgan fingerprint density at radius 1 is 1.24 bits per heavy atom. The molecule has 1 unspecified atom stereocenters. The summed E-state index contributed by atoms with van der Waals surface area (Å²) in [5.74, 6) is 0.940. The topological polar surface area (TPSA) is 114 Å². The first-order valence-electron chi connectivity index (χ1n) is 10.6. The summed E-state index contributed by atoms with van der Waals surface area (Å²) in [6.45, 7) is 4.52. The summed E-state index contributed by atoms with van der Waals surface area (Å²) in [7, 11) is 0. The number of anilines is 2. The van der Waals surface area contributed by atoms with Crippen molar-refractivity contribution in [1.29, 1.82) is 0 Å². The van der Waals surface area contributed by atoms with E-state index in [1.807, 2.05) is 31.2 Å². The van der Waals surface area contributed by atoms with E-state index in [9.17, 15) is 14.4 Å². The molecule has 1 fully saturated rings. The van der Waals surface area contributed by atoms with Gasteiger partial charge >= 0.3 is 0 Å². The lowest BCUT2D eigenvalue weighted by atomic mass is 10.1. The molecule has 0 spiro atoms. The summed E-state index contributed by atoms with van der Waals surface area (Å²) in [6, 6.07) is 10.8. The zero-order valence-electron chi connectivity index (χ0n) is 18.3. The second-order valence-electron chi connectivity index (χ2n) is 7.54. The molecule has 1 aliphatic heterocycles. The van der Waals surface area contributed by atoms with Crippen LogP contribution in [0.1, 0.15) is 26.0 Å². The van der Waals surface area contributed by atoms with Crippen molar-refractivity contribution in [3.05, 3.63) is 47.5 Å². The van der Waals surface area contributed by atoms with Crippen molar-refractivity contribution in [3.63, 3.8) is 0 Å². The Morgan fingerprint density at radius 2 is 2.03 bits per heavy atom. The van der Waals surface area contributed by atoms with Gasteiger partial charge in [-0.1, -0.05) is 0 Å². The number of nitrogens with zero attached hydrogens (tertiary/aromatic N) is 2. The number of carbonyl (C=O) groups excluding carboxylic acids is 3. The van der Waals surface area contributed by atoms with Gasteiger partial charge in [-0.25, -0.2) is 4.98 Å². The van der Waals surface area contributed by atoms with Gasteiger partial charge in [0, 0.05) is 31.0 Å². The second kappa shape index (κ2) is 9.86. The number of ether oxygens (including phenoxy) is 1. The molecule has 0 bridgehead atoms. The predicted octanol–water partition coefficient (Wildman–Crippen LogP) is 3.43. The van der Waals surface area contributed by atoms with Crippen molar-refractivity contribution < 1.29 is 23.5 Å². The molecule has 2 aromatic heterocycles. The van der Waals surface area contributed by atoms with Crippen LogP contribution in [-0.2, 0) is 20.9 Å². The van der Waals surface area contributed by atoms with Crippen LogP contribution in [0.4, 0.5) is 10.8 Å². The largest absolute Gasteiger partial charge is 0.494 e. The molecule has 0 aliphatic carbocycles. The molecule has 33 heavy (non-hydrogen) atoms. The molecule has 2 N–H and O–H groups in total. The number of carbonyl (C=O) groups is 3. The average molecular weight is 469 g/mol. The highest BCUT2D eigenvalue weighted by molar-refractivity contribution is 7.14. The third-order valence-electron chi connectivity index (χ3n) is 5.12. The maximum absolute atomic E-state index is 12.8. The monoisotopic (exact) mass is 468 g/mol. The highest BCUT2D eigenvalue weighted by Gasteiger charge is 2.35. The number of furan rings is 1. The van der Waals surface area contributed by atoms with E-state index < -0.39 is 5.92 Å². The van der Waals surface area contributed by atoms with Crippen molar-refractivity contribution in [2.24, 2.45) is 5.92 Å². The summed E-state index contributed by atoms with van der Waals surface area (Å²) < 4.78 is 11.1. The van der Waals surface area contributed by atoms with Crippen molar-refractivity contribution in [2.45, 2.75) is 26.8 Å². The second-order valence-corrected chi connectivity index (χ2v) is 8.39. The van der Waals surface area contributed by atoms with E-state index in [0.29, 0.717) is 42.0 Å². The van der Waals surface area contributed by atoms with Crippen molar-refractivity contribution in [1.82, 2.24) is 10.3 Å². The molecular formula is C23H24N4O5S. The summed E-state index contributed by atoms with van der Waals surface area (Å²) in [4.78, 5) is 42.3. The highest BCUT2D eigenvalue weighted by Crippen LogP contribution is 2.30. The van der Waals surface area contributed by atoms with Crippen molar-refractivity contribution in [3.8, 4) is 17.2 Å². The minimum Gasteiger partial charge on any atom is -0.494 e. The molecular weight excluding hydrogens is 444 g/mol. The molecule has 1 aromatic carbocycles. The van der Waals surface area contributed by atoms with Gasteiger partial charge in [-0.15, -0.1) is 11.3 Å². The molecule has 3 heterocycles. The van der Waals surface area contributed by atoms with E-state index in [0.717, 1.165) is 11.4 Å². The number of nitrogens with one attached hydrogen (secondary N) is 2. The SMILES string of the molecule is CCOc1ccc(N2CC(C(=O)Nc3nc(-c4ccc(CNC(C)=O)o4)cs3)CC2=O)cc1. The van der Waals surface area contributed by atoms with E-state index in [4.69, 9.17) is 9.15 Å². The van der Waals surface area contributed by atoms with Crippen LogP contribution in [0.5, 0.6) is 5.75 Å². The predicted molar refractivity (Wildman–Crippen MR) is 124 cm³/mol. The lowest BCUT2D eigenvalue weighted by Crippen LogP contribution is -2.28. The third kappa shape index (κ3) is 5.40. The first-order chi connectivity index (χ1) is 15.9. The first kappa shape index (κ1) is 22.5. The van der Waals surface area contributed by atoms with Gasteiger partial charge < -0.3 is 24.7 Å². The molecule has 0 radical (unpaired) electrons. The van der Waals surface area contributed by atoms with E-state index in [1.54, 1.807) is 22.4 Å². The number of amides is 3. The van der Waals surface area contributed by atoms with Gasteiger partial charge in [0.05, 0.1) is 19.1 Å². The molecule has 3 amide bonds. The maximum Gasteiger partial charge on any atom is 0.231 e. The molecule has 0 saturated carbocycles. The lowest BCUT2D eigenvalue weighted by molar-refractivity contribution is -0.122. The fourth-order valence-corrected chi connectivity index (χ4v) is 4.20. The van der Waals surface area contributed by atoms with Gasteiger partial charge in [0.25, 0.3) is 0 Å². The van der Waals surface area contributed by atoms with Gasteiger partial charge in [-0.2, -0.15) is 0 Å². The van der Waals surface area contributed by atoms with E-state index in [-0.39, 0.29) is 24.1 Å². The van der Waals surface area contributed by atoms with E-state index >= 15 is 0 Å². The summed E-state index contributed by atoms with van der Waals surface area (Å²) in [5, 5.41) is 7.69. The number of hydrogen-bond acceptors (Lipinski definition) is 7. The van der Waals surface area contributed by atoms with Gasteiger partial charge in [0.15, 0.2) is 10.9 Å². The number of hydrogen-bond donors (Lipinski definition) is 2. The Bertz CT molecular complexity index is 1150. The van der Waals surface area contributed by atoms with Gasteiger partial charge in [-0.3, -0.25) is 14.4 Å². The summed E-state index contributed by atoms with van der Waals surface area (Å²) >= 11 is 1.28. The molecule has 1 aliphatic rings. The Hall–Kier alpha value is -3.66. The Kier molecular flexibility index (Phi) is 6.74. The number of rotatable bonds is 8. The van der Waals surface area contributed by atoms with Gasteiger partial charge in [0.2, 0.25) is 17.7 Å². The fraction of sp³-hybridized carbons (Fsp3) is 0.304. The maximum atomic E-state index is 12.8. The molecule has 9 nitrogen and oxygen atoms in total. The van der Waals surface area contributed by atoms with Crippen LogP contribution in [0.3, 0.4) is 0 Å². The Balaban J connectivity index is 1.36. The highest BCUT2D eigenvalue weighted by atomic mass is 32.1. The average Bonchev–Trinajstić information content (AvgIpc) is 3.53. The number of benzene rings is 1. The summed E-state index contributed by atoms with van der Waals surface area (Å²) in [5.41, 5.74) is 1.33. The Labute approximate surface area is 194 Å². The molecule has 3 aromatic rings. The van der Waals surface area contributed by atoms with Crippen LogP contribution in [0.15, 0.2) is 46.2 Å². The van der Waals surface area contributed by atoms with E-state index in [1.165, 1.54) is 18.3 Å². The van der Waals surface area contributed by atoms with Gasteiger partial charge in [0.1, 0.15) is 17.2 Å². The quantitative estimate of drug-likeness (QED) is 0.524. The van der Waals surface area contributed by atoms with Crippen molar-refractivity contribution in [2.75, 3.05) is 23.4 Å². The van der Waals surface area contributed by atoms with Crippen LogP contribution in [-0.4, -0.2) is 35.9 Å². The first-order valence-corrected chi connectivity index (χ1v) is 11.4. The van der Waals surface area contributed by atoms with Crippen LogP contribution in [0, 0.1) is 5.92 Å². The minimum atomic E-state index is -0.468. The fourth-order valence-electron chi connectivity index (χ4n) is 3.50. The minimum absolute atomic E-state index is 0.0959. The van der Waals surface area contributed by atoms with Crippen molar-refractivity contribution >= 4 is 39.9 Å².